The van der Waals surface area contributed by atoms with E-state index in [1.807, 2.05) is 19.9 Å². The highest BCUT2D eigenvalue weighted by Crippen LogP contribution is 2.23. The second-order valence-electron chi connectivity index (χ2n) is 5.55. The molecule has 0 saturated heterocycles. The smallest absolute Gasteiger partial charge is 0.178 e. The van der Waals surface area contributed by atoms with Crippen LogP contribution in [-0.2, 0) is 0 Å². The lowest BCUT2D eigenvalue weighted by molar-refractivity contribution is 0.0862. The molecule has 1 aromatic heterocycles. The number of carbonyl (C=O) groups is 1. The average molecular weight is 264 g/mol. The number of H-pyrrole nitrogens is 1. The Morgan fingerprint density at radius 3 is 2.63 bits per heavy atom. The number of aromatic nitrogens is 1. The maximum absolute atomic E-state index is 12.4. The summed E-state index contributed by atoms with van der Waals surface area (Å²) in [4.78, 5) is 17.7. The molecule has 2 N–H and O–H groups in total. The molecule has 0 aromatic carbocycles. The van der Waals surface area contributed by atoms with Crippen LogP contribution in [0.1, 0.15) is 47.4 Å². The molecule has 106 valence electrons. The molecule has 0 amide bonds. The van der Waals surface area contributed by atoms with Gasteiger partial charge in [0.15, 0.2) is 5.78 Å². The molecule has 1 saturated carbocycles. The largest absolute Gasteiger partial charge is 0.395 e. The van der Waals surface area contributed by atoms with E-state index < -0.39 is 0 Å². The first kappa shape index (κ1) is 14.3. The summed E-state index contributed by atoms with van der Waals surface area (Å²) >= 11 is 0. The van der Waals surface area contributed by atoms with Gasteiger partial charge < -0.3 is 10.1 Å². The van der Waals surface area contributed by atoms with E-state index in [0.717, 1.165) is 29.8 Å². The number of hydrogen-bond donors (Lipinski definition) is 2. The molecule has 1 aromatic rings. The summed E-state index contributed by atoms with van der Waals surface area (Å²) in [5.41, 5.74) is 2.76. The van der Waals surface area contributed by atoms with E-state index >= 15 is 0 Å². The van der Waals surface area contributed by atoms with E-state index in [0.29, 0.717) is 19.1 Å². The molecule has 4 heteroatoms. The highest BCUT2D eigenvalue weighted by atomic mass is 16.3. The van der Waals surface area contributed by atoms with Crippen LogP contribution in [0.4, 0.5) is 0 Å². The number of ketones is 1. The van der Waals surface area contributed by atoms with Gasteiger partial charge in [0.2, 0.25) is 0 Å². The third kappa shape index (κ3) is 3.45. The third-order valence-corrected chi connectivity index (χ3v) is 4.02. The SMILES string of the molecule is Cc1cc(C(=O)CN(CCO)C2CCCC2)c(C)[nH]1. The molecule has 1 fully saturated rings. The predicted molar refractivity (Wildman–Crippen MR) is 75.5 cm³/mol. The molecule has 0 radical (unpaired) electrons. The fraction of sp³-hybridized carbons (Fsp3) is 0.667. The van der Waals surface area contributed by atoms with Gasteiger partial charge in [0.25, 0.3) is 0 Å². The van der Waals surface area contributed by atoms with Crippen molar-refractivity contribution >= 4 is 5.78 Å². The Morgan fingerprint density at radius 2 is 2.11 bits per heavy atom. The first-order valence-electron chi connectivity index (χ1n) is 7.16. The van der Waals surface area contributed by atoms with Crippen LogP contribution in [0.5, 0.6) is 0 Å². The van der Waals surface area contributed by atoms with E-state index in [2.05, 4.69) is 9.88 Å². The Balaban J connectivity index is 2.03. The van der Waals surface area contributed by atoms with Crippen molar-refractivity contribution in [3.63, 3.8) is 0 Å². The van der Waals surface area contributed by atoms with Crippen LogP contribution in [-0.4, -0.2) is 46.5 Å². The zero-order chi connectivity index (χ0) is 13.8. The van der Waals surface area contributed by atoms with Gasteiger partial charge in [0, 0.05) is 29.5 Å². The van der Waals surface area contributed by atoms with Crippen LogP contribution in [0.15, 0.2) is 6.07 Å². The monoisotopic (exact) mass is 264 g/mol. The fourth-order valence-corrected chi connectivity index (χ4v) is 3.07. The Bertz CT molecular complexity index is 433. The number of hydrogen-bond acceptors (Lipinski definition) is 3. The molecule has 0 bridgehead atoms. The number of aryl methyl sites for hydroxylation is 2. The minimum Gasteiger partial charge on any atom is -0.395 e. The first-order valence-corrected chi connectivity index (χ1v) is 7.16. The van der Waals surface area contributed by atoms with Crippen LogP contribution in [0.2, 0.25) is 0 Å². The lowest BCUT2D eigenvalue weighted by atomic mass is 10.1. The van der Waals surface area contributed by atoms with Gasteiger partial charge in [-0.25, -0.2) is 0 Å². The van der Waals surface area contributed by atoms with Crippen molar-refractivity contribution in [3.05, 3.63) is 23.0 Å². The summed E-state index contributed by atoms with van der Waals surface area (Å²) in [6, 6.07) is 2.39. The molecule has 0 unspecified atom stereocenters. The second-order valence-corrected chi connectivity index (χ2v) is 5.55. The first-order chi connectivity index (χ1) is 9.11. The molecule has 1 aliphatic carbocycles. The lowest BCUT2D eigenvalue weighted by Gasteiger charge is -2.27. The van der Waals surface area contributed by atoms with Crippen molar-refractivity contribution in [2.24, 2.45) is 0 Å². The maximum atomic E-state index is 12.4. The van der Waals surface area contributed by atoms with Gasteiger partial charge in [-0.05, 0) is 32.8 Å². The van der Waals surface area contributed by atoms with E-state index in [1.54, 1.807) is 0 Å². The van der Waals surface area contributed by atoms with Crippen LogP contribution in [0.25, 0.3) is 0 Å². The van der Waals surface area contributed by atoms with Gasteiger partial charge >= 0.3 is 0 Å². The number of carbonyl (C=O) groups excluding carboxylic acids is 1. The van der Waals surface area contributed by atoms with Crippen molar-refractivity contribution in [1.82, 2.24) is 9.88 Å². The van der Waals surface area contributed by atoms with Crippen molar-refractivity contribution < 1.29 is 9.90 Å². The van der Waals surface area contributed by atoms with E-state index in [4.69, 9.17) is 0 Å². The number of Topliss-reactive ketones (excluding diaryl/α,β-unsaturated/α-hetero) is 1. The summed E-state index contributed by atoms with van der Waals surface area (Å²) in [5.74, 6) is 0.155. The summed E-state index contributed by atoms with van der Waals surface area (Å²) in [7, 11) is 0. The zero-order valence-electron chi connectivity index (χ0n) is 11.9. The molecule has 2 rings (SSSR count). The van der Waals surface area contributed by atoms with E-state index in [9.17, 15) is 9.90 Å². The van der Waals surface area contributed by atoms with Gasteiger partial charge in [-0.1, -0.05) is 12.8 Å². The van der Waals surface area contributed by atoms with Gasteiger partial charge in [-0.15, -0.1) is 0 Å². The molecule has 1 aliphatic rings. The summed E-state index contributed by atoms with van der Waals surface area (Å²) in [5, 5.41) is 9.18. The summed E-state index contributed by atoms with van der Waals surface area (Å²) in [6.07, 6.45) is 4.78. The van der Waals surface area contributed by atoms with Gasteiger partial charge in [0.05, 0.1) is 13.2 Å². The summed E-state index contributed by atoms with van der Waals surface area (Å²) in [6.45, 7) is 5.04. The number of nitrogens with one attached hydrogen (secondary N) is 1. The molecule has 0 spiro atoms. The third-order valence-electron chi connectivity index (χ3n) is 4.02. The van der Waals surface area contributed by atoms with Gasteiger partial charge in [0.1, 0.15) is 0 Å². The Morgan fingerprint density at radius 1 is 1.42 bits per heavy atom. The number of aromatic amines is 1. The zero-order valence-corrected chi connectivity index (χ0v) is 11.9. The minimum atomic E-state index is 0.120. The quantitative estimate of drug-likeness (QED) is 0.773. The van der Waals surface area contributed by atoms with Gasteiger partial charge in [-0.2, -0.15) is 0 Å². The average Bonchev–Trinajstić information content (AvgIpc) is 2.98. The minimum absolute atomic E-state index is 0.120. The molecule has 4 nitrogen and oxygen atoms in total. The highest BCUT2D eigenvalue weighted by molar-refractivity contribution is 5.98. The number of aliphatic hydroxyl groups excluding tert-OH is 1. The van der Waals surface area contributed by atoms with Crippen molar-refractivity contribution in [2.45, 2.75) is 45.6 Å². The van der Waals surface area contributed by atoms with Crippen LogP contribution in [0.3, 0.4) is 0 Å². The van der Waals surface area contributed by atoms with E-state index in [1.165, 1.54) is 12.8 Å². The predicted octanol–water partition coefficient (Wildman–Crippen LogP) is 2.05. The van der Waals surface area contributed by atoms with Crippen LogP contribution < -0.4 is 0 Å². The molecule has 0 aliphatic heterocycles. The topological polar surface area (TPSA) is 56.3 Å². The molecule has 1 heterocycles. The summed E-state index contributed by atoms with van der Waals surface area (Å²) < 4.78 is 0. The number of rotatable bonds is 6. The van der Waals surface area contributed by atoms with Crippen molar-refractivity contribution in [3.8, 4) is 0 Å². The number of nitrogens with zero attached hydrogens (tertiary/aromatic N) is 1. The Kier molecular flexibility index (Phi) is 4.77. The fourth-order valence-electron chi connectivity index (χ4n) is 3.07. The van der Waals surface area contributed by atoms with Crippen molar-refractivity contribution in [2.75, 3.05) is 19.7 Å². The van der Waals surface area contributed by atoms with Crippen molar-refractivity contribution in [1.29, 1.82) is 0 Å². The lowest BCUT2D eigenvalue weighted by Crippen LogP contribution is -2.39. The molecule has 19 heavy (non-hydrogen) atoms. The second kappa shape index (κ2) is 6.35. The number of aliphatic hydroxyl groups is 1. The van der Waals surface area contributed by atoms with Crippen LogP contribution >= 0.6 is 0 Å². The van der Waals surface area contributed by atoms with E-state index in [-0.39, 0.29) is 12.4 Å². The molecular weight excluding hydrogens is 240 g/mol. The molecular formula is C15H24N2O2. The highest BCUT2D eigenvalue weighted by Gasteiger charge is 2.25. The molecule has 0 atom stereocenters. The normalized spacial score (nSPS) is 16.4. The van der Waals surface area contributed by atoms with Gasteiger partial charge in [-0.3, -0.25) is 9.69 Å². The van der Waals surface area contributed by atoms with Crippen LogP contribution in [0, 0.1) is 13.8 Å². The standard InChI is InChI=1S/C15H24N2O2/c1-11-9-14(12(2)16-11)15(19)10-17(7-8-18)13-5-3-4-6-13/h9,13,16,18H,3-8,10H2,1-2H3. The Hall–Kier alpha value is -1.13. The maximum Gasteiger partial charge on any atom is 0.178 e. The Labute approximate surface area is 114 Å².